The molecule has 1 aromatic rings. The number of nitrogens with zero attached hydrogens (tertiary/aromatic N) is 1. The van der Waals surface area contributed by atoms with Crippen LogP contribution in [0.3, 0.4) is 0 Å². The maximum Gasteiger partial charge on any atom is 0.407 e. The first-order chi connectivity index (χ1) is 12.6. The highest BCUT2D eigenvalue weighted by Crippen LogP contribution is 2.28. The number of ether oxygens (including phenoxy) is 2. The number of nitro benzene ring substituents is 1. The van der Waals surface area contributed by atoms with Crippen LogP contribution in [0.2, 0.25) is 0 Å². The van der Waals surface area contributed by atoms with Crippen molar-refractivity contribution in [2.24, 2.45) is 5.92 Å². The second-order valence-electron chi connectivity index (χ2n) is 6.14. The van der Waals surface area contributed by atoms with E-state index in [9.17, 15) is 23.3 Å². The first-order valence-corrected chi connectivity index (χ1v) is 9.84. The first-order valence-electron chi connectivity index (χ1n) is 8.36. The number of hydrogen-bond donors (Lipinski definition) is 2. The molecule has 1 amide bonds. The topological polar surface area (TPSA) is 137 Å². The molecule has 1 atom stereocenters. The predicted octanol–water partition coefficient (Wildman–Crippen LogP) is 2.04. The molecule has 0 heterocycles. The van der Waals surface area contributed by atoms with E-state index in [1.165, 1.54) is 13.2 Å². The Morgan fingerprint density at radius 3 is 2.52 bits per heavy atom. The summed E-state index contributed by atoms with van der Waals surface area (Å²) in [5, 5.41) is 13.5. The van der Waals surface area contributed by atoms with Gasteiger partial charge in [0.05, 0.1) is 18.6 Å². The lowest BCUT2D eigenvalue weighted by molar-refractivity contribution is -0.385. The standard InChI is InChI=1S/C16H25N3O7S/c1-5-26-16(20)18-12(8-11(2)3)10-17-27(23,24)15-9-13(19(21)22)6-7-14(15)25-4/h6-7,9,11-12,17H,5,8,10H2,1-4H3,(H,18,20). The number of methoxy groups -OCH3 is 1. The lowest BCUT2D eigenvalue weighted by Gasteiger charge is -2.21. The van der Waals surface area contributed by atoms with Gasteiger partial charge in [0.2, 0.25) is 10.0 Å². The molecule has 0 aliphatic carbocycles. The monoisotopic (exact) mass is 403 g/mol. The Kier molecular flexibility index (Phi) is 8.44. The van der Waals surface area contributed by atoms with E-state index in [0.717, 1.165) is 12.1 Å². The number of rotatable bonds is 10. The highest BCUT2D eigenvalue weighted by atomic mass is 32.2. The quantitative estimate of drug-likeness (QED) is 0.450. The van der Waals surface area contributed by atoms with Crippen molar-refractivity contribution in [2.45, 2.75) is 38.1 Å². The third kappa shape index (κ3) is 7.02. The van der Waals surface area contributed by atoms with Crippen LogP contribution in [-0.2, 0) is 14.8 Å². The SMILES string of the molecule is CCOC(=O)NC(CNS(=O)(=O)c1cc([N+](=O)[O-])ccc1OC)CC(C)C. The molecule has 0 spiro atoms. The molecule has 1 unspecified atom stereocenters. The Hall–Kier alpha value is -2.40. The minimum Gasteiger partial charge on any atom is -0.495 e. The van der Waals surface area contributed by atoms with Crippen LogP contribution in [0.1, 0.15) is 27.2 Å². The van der Waals surface area contributed by atoms with Gasteiger partial charge < -0.3 is 14.8 Å². The summed E-state index contributed by atoms with van der Waals surface area (Å²) in [4.78, 5) is 21.5. The number of benzene rings is 1. The minimum atomic E-state index is -4.11. The molecule has 152 valence electrons. The van der Waals surface area contributed by atoms with Gasteiger partial charge in [-0.15, -0.1) is 0 Å². The van der Waals surface area contributed by atoms with Gasteiger partial charge in [0.15, 0.2) is 0 Å². The maximum absolute atomic E-state index is 12.6. The van der Waals surface area contributed by atoms with Crippen molar-refractivity contribution < 1.29 is 27.6 Å². The van der Waals surface area contributed by atoms with Crippen molar-refractivity contribution >= 4 is 21.8 Å². The molecule has 0 aromatic heterocycles. The van der Waals surface area contributed by atoms with Gasteiger partial charge in [-0.05, 0) is 25.3 Å². The van der Waals surface area contributed by atoms with Crippen molar-refractivity contribution in [1.29, 1.82) is 0 Å². The fraction of sp³-hybridized carbons (Fsp3) is 0.562. The summed E-state index contributed by atoms with van der Waals surface area (Å²) in [6.45, 7) is 5.60. The zero-order chi connectivity index (χ0) is 20.6. The van der Waals surface area contributed by atoms with Gasteiger partial charge in [-0.25, -0.2) is 17.9 Å². The smallest absolute Gasteiger partial charge is 0.407 e. The third-order valence-electron chi connectivity index (χ3n) is 3.52. The Morgan fingerprint density at radius 2 is 2.00 bits per heavy atom. The zero-order valence-corrected chi connectivity index (χ0v) is 16.5. The maximum atomic E-state index is 12.6. The zero-order valence-electron chi connectivity index (χ0n) is 15.7. The molecular formula is C16H25N3O7S. The van der Waals surface area contributed by atoms with Gasteiger partial charge in [-0.3, -0.25) is 10.1 Å². The van der Waals surface area contributed by atoms with Crippen LogP contribution in [0.4, 0.5) is 10.5 Å². The minimum absolute atomic E-state index is 0.0214. The molecule has 1 rings (SSSR count). The van der Waals surface area contributed by atoms with E-state index in [1.54, 1.807) is 6.92 Å². The van der Waals surface area contributed by atoms with Gasteiger partial charge in [0, 0.05) is 24.7 Å². The molecule has 0 saturated heterocycles. The second kappa shape index (κ2) is 10.1. The normalized spacial score (nSPS) is 12.5. The number of carbonyl (C=O) groups excluding carboxylic acids is 1. The van der Waals surface area contributed by atoms with Crippen LogP contribution in [0.15, 0.2) is 23.1 Å². The molecular weight excluding hydrogens is 378 g/mol. The number of alkyl carbamates (subject to hydrolysis) is 1. The van der Waals surface area contributed by atoms with Crippen molar-refractivity contribution in [2.75, 3.05) is 20.3 Å². The number of nitrogens with one attached hydrogen (secondary N) is 2. The summed E-state index contributed by atoms with van der Waals surface area (Å²) in [5.74, 6) is 0.167. The van der Waals surface area contributed by atoms with Crippen LogP contribution in [-0.4, -0.2) is 45.7 Å². The van der Waals surface area contributed by atoms with E-state index >= 15 is 0 Å². The predicted molar refractivity (Wildman–Crippen MR) is 98.2 cm³/mol. The van der Waals surface area contributed by atoms with E-state index in [0.29, 0.717) is 6.42 Å². The molecule has 2 N–H and O–H groups in total. The lowest BCUT2D eigenvalue weighted by atomic mass is 10.0. The van der Waals surface area contributed by atoms with Crippen molar-refractivity contribution in [1.82, 2.24) is 10.0 Å². The van der Waals surface area contributed by atoms with Gasteiger partial charge in [0.25, 0.3) is 5.69 Å². The summed E-state index contributed by atoms with van der Waals surface area (Å²) in [6.07, 6.45) is -0.136. The number of hydrogen-bond acceptors (Lipinski definition) is 7. The Balaban J connectivity index is 3.01. The average Bonchev–Trinajstić information content (AvgIpc) is 2.58. The average molecular weight is 403 g/mol. The van der Waals surface area contributed by atoms with Crippen molar-refractivity contribution in [3.8, 4) is 5.75 Å². The fourth-order valence-electron chi connectivity index (χ4n) is 2.38. The number of carbonyl (C=O) groups is 1. The van der Waals surface area contributed by atoms with Gasteiger partial charge in [-0.2, -0.15) is 0 Å². The number of non-ortho nitro benzene ring substituents is 1. The van der Waals surface area contributed by atoms with E-state index < -0.39 is 27.1 Å². The molecule has 0 bridgehead atoms. The largest absolute Gasteiger partial charge is 0.495 e. The van der Waals surface area contributed by atoms with Gasteiger partial charge in [0.1, 0.15) is 10.6 Å². The van der Waals surface area contributed by atoms with E-state index in [2.05, 4.69) is 10.0 Å². The van der Waals surface area contributed by atoms with E-state index in [4.69, 9.17) is 9.47 Å². The Morgan fingerprint density at radius 1 is 1.33 bits per heavy atom. The molecule has 0 fully saturated rings. The van der Waals surface area contributed by atoms with E-state index in [1.807, 2.05) is 13.8 Å². The van der Waals surface area contributed by atoms with E-state index in [-0.39, 0.29) is 35.4 Å². The molecule has 1 aromatic carbocycles. The highest BCUT2D eigenvalue weighted by molar-refractivity contribution is 7.89. The molecule has 27 heavy (non-hydrogen) atoms. The molecule has 0 saturated carbocycles. The highest BCUT2D eigenvalue weighted by Gasteiger charge is 2.25. The summed E-state index contributed by atoms with van der Waals surface area (Å²) in [5.41, 5.74) is -0.375. The summed E-state index contributed by atoms with van der Waals surface area (Å²) in [6, 6.07) is 2.79. The van der Waals surface area contributed by atoms with Crippen molar-refractivity contribution in [3.63, 3.8) is 0 Å². The fourth-order valence-corrected chi connectivity index (χ4v) is 3.65. The van der Waals surface area contributed by atoms with Crippen molar-refractivity contribution in [3.05, 3.63) is 28.3 Å². The number of nitro groups is 1. The van der Waals surface area contributed by atoms with Crippen LogP contribution in [0.5, 0.6) is 5.75 Å². The molecule has 10 nitrogen and oxygen atoms in total. The van der Waals surface area contributed by atoms with Gasteiger partial charge >= 0.3 is 6.09 Å². The molecule has 0 aliphatic rings. The Labute approximate surface area is 158 Å². The molecule has 11 heteroatoms. The van der Waals surface area contributed by atoms with Gasteiger partial charge in [-0.1, -0.05) is 13.8 Å². The third-order valence-corrected chi connectivity index (χ3v) is 4.97. The second-order valence-corrected chi connectivity index (χ2v) is 7.87. The first kappa shape index (κ1) is 22.6. The lowest BCUT2D eigenvalue weighted by Crippen LogP contribution is -2.44. The molecule has 0 radical (unpaired) electrons. The summed E-state index contributed by atoms with van der Waals surface area (Å²) >= 11 is 0. The summed E-state index contributed by atoms with van der Waals surface area (Å²) in [7, 11) is -2.84. The molecule has 0 aliphatic heterocycles. The van der Waals surface area contributed by atoms with Crippen LogP contribution >= 0.6 is 0 Å². The number of sulfonamides is 1. The number of amides is 1. The van der Waals surface area contributed by atoms with Crippen LogP contribution < -0.4 is 14.8 Å². The van der Waals surface area contributed by atoms with Crippen LogP contribution in [0, 0.1) is 16.0 Å². The van der Waals surface area contributed by atoms with Crippen LogP contribution in [0.25, 0.3) is 0 Å². The summed E-state index contributed by atoms with van der Waals surface area (Å²) < 4.78 is 37.5. The Bertz CT molecular complexity index is 765.